The lowest BCUT2D eigenvalue weighted by Crippen LogP contribution is -2.05. The Hall–Kier alpha value is -0.460. The predicted octanol–water partition coefficient (Wildman–Crippen LogP) is 4.33. The highest BCUT2D eigenvalue weighted by Crippen LogP contribution is 2.23. The van der Waals surface area contributed by atoms with E-state index in [1.54, 1.807) is 36.5 Å². The van der Waals surface area contributed by atoms with Gasteiger partial charge < -0.3 is 0 Å². The van der Waals surface area contributed by atoms with Gasteiger partial charge in [-0.3, -0.25) is 4.79 Å². The van der Waals surface area contributed by atoms with Gasteiger partial charge in [0, 0.05) is 15.3 Å². The Balaban J connectivity index is 2.48. The third-order valence-corrected chi connectivity index (χ3v) is 3.84. The van der Waals surface area contributed by atoms with Gasteiger partial charge in [-0.05, 0) is 56.7 Å². The van der Waals surface area contributed by atoms with Crippen molar-refractivity contribution >= 4 is 55.9 Å². The van der Waals surface area contributed by atoms with Crippen molar-refractivity contribution in [2.45, 2.75) is 0 Å². The molecule has 0 bridgehead atoms. The van der Waals surface area contributed by atoms with Crippen LogP contribution in [0.2, 0.25) is 5.02 Å². The average Bonchev–Trinajstić information content (AvgIpc) is 2.29. The SMILES string of the molecule is O=C(c1ccccc1Cl)c1cnc(Br)cc1I. The number of ketones is 1. The molecule has 0 N–H and O–H groups in total. The molecular formula is C12H6BrClINO. The molecule has 17 heavy (non-hydrogen) atoms. The van der Waals surface area contributed by atoms with Crippen LogP contribution in [-0.2, 0) is 0 Å². The summed E-state index contributed by atoms with van der Waals surface area (Å²) in [6, 6.07) is 8.80. The fraction of sp³-hybridized carbons (Fsp3) is 0. The number of rotatable bonds is 2. The quantitative estimate of drug-likeness (QED) is 0.410. The molecule has 2 rings (SSSR count). The molecule has 86 valence electrons. The maximum absolute atomic E-state index is 12.3. The van der Waals surface area contributed by atoms with Crippen molar-refractivity contribution in [1.82, 2.24) is 4.98 Å². The van der Waals surface area contributed by atoms with E-state index < -0.39 is 0 Å². The van der Waals surface area contributed by atoms with Gasteiger partial charge in [-0.25, -0.2) is 4.98 Å². The number of hydrogen-bond acceptors (Lipinski definition) is 2. The molecule has 1 heterocycles. The van der Waals surface area contributed by atoms with Crippen LogP contribution in [0.15, 0.2) is 41.1 Å². The molecule has 0 aliphatic rings. The number of hydrogen-bond donors (Lipinski definition) is 0. The minimum absolute atomic E-state index is 0.111. The molecule has 1 aromatic heterocycles. The Morgan fingerprint density at radius 2 is 2.00 bits per heavy atom. The standard InChI is InChI=1S/C12H6BrClINO/c13-11-5-10(15)8(6-16-11)12(17)7-3-1-2-4-9(7)14/h1-6H. The van der Waals surface area contributed by atoms with Crippen LogP contribution < -0.4 is 0 Å². The van der Waals surface area contributed by atoms with Crippen molar-refractivity contribution in [1.29, 1.82) is 0 Å². The molecular weight excluding hydrogens is 416 g/mol. The summed E-state index contributed by atoms with van der Waals surface area (Å²) < 4.78 is 1.55. The summed E-state index contributed by atoms with van der Waals surface area (Å²) in [6.45, 7) is 0. The molecule has 2 aromatic rings. The van der Waals surface area contributed by atoms with Crippen LogP contribution in [0.25, 0.3) is 0 Å². The van der Waals surface area contributed by atoms with E-state index in [1.165, 1.54) is 0 Å². The normalized spacial score (nSPS) is 10.3. The van der Waals surface area contributed by atoms with E-state index in [1.807, 2.05) is 0 Å². The van der Waals surface area contributed by atoms with Gasteiger partial charge >= 0.3 is 0 Å². The van der Waals surface area contributed by atoms with Gasteiger partial charge in [0.1, 0.15) is 4.60 Å². The van der Waals surface area contributed by atoms with Gasteiger partial charge in [0.15, 0.2) is 5.78 Å². The van der Waals surface area contributed by atoms with Crippen LogP contribution in [0.3, 0.4) is 0 Å². The minimum Gasteiger partial charge on any atom is -0.288 e. The number of benzene rings is 1. The lowest BCUT2D eigenvalue weighted by molar-refractivity contribution is 0.103. The van der Waals surface area contributed by atoms with Crippen molar-refractivity contribution in [3.8, 4) is 0 Å². The predicted molar refractivity (Wildman–Crippen MR) is 79.5 cm³/mol. The van der Waals surface area contributed by atoms with E-state index in [0.29, 0.717) is 20.8 Å². The first kappa shape index (κ1) is 13.0. The molecule has 0 unspecified atom stereocenters. The van der Waals surface area contributed by atoms with Crippen LogP contribution >= 0.6 is 50.1 Å². The first-order valence-electron chi connectivity index (χ1n) is 4.70. The van der Waals surface area contributed by atoms with Gasteiger partial charge in [0.2, 0.25) is 0 Å². The van der Waals surface area contributed by atoms with Gasteiger partial charge in [-0.15, -0.1) is 0 Å². The second-order valence-corrected chi connectivity index (χ2v) is 5.68. The molecule has 2 nitrogen and oxygen atoms in total. The number of halogens is 3. The zero-order valence-corrected chi connectivity index (χ0v) is 13.0. The molecule has 0 aliphatic carbocycles. The second kappa shape index (κ2) is 5.46. The van der Waals surface area contributed by atoms with Crippen molar-refractivity contribution < 1.29 is 4.79 Å². The highest BCUT2D eigenvalue weighted by Gasteiger charge is 2.15. The van der Waals surface area contributed by atoms with Gasteiger partial charge in [-0.2, -0.15) is 0 Å². The first-order valence-corrected chi connectivity index (χ1v) is 6.95. The van der Waals surface area contributed by atoms with Gasteiger partial charge in [0.25, 0.3) is 0 Å². The summed E-state index contributed by atoms with van der Waals surface area (Å²) in [6.07, 6.45) is 1.55. The number of aromatic nitrogens is 1. The summed E-state index contributed by atoms with van der Waals surface area (Å²) in [5, 5.41) is 0.455. The molecule has 0 fully saturated rings. The third kappa shape index (κ3) is 2.86. The summed E-state index contributed by atoms with van der Waals surface area (Å²) in [5.41, 5.74) is 1.05. The second-order valence-electron chi connectivity index (χ2n) is 3.30. The average molecular weight is 422 g/mol. The number of nitrogens with zero attached hydrogens (tertiary/aromatic N) is 1. The van der Waals surface area contributed by atoms with Crippen LogP contribution in [0.1, 0.15) is 15.9 Å². The molecule has 0 atom stereocenters. The molecule has 5 heteroatoms. The summed E-state index contributed by atoms with van der Waals surface area (Å²) >= 11 is 11.4. The largest absolute Gasteiger partial charge is 0.288 e. The molecule has 0 spiro atoms. The van der Waals surface area contributed by atoms with E-state index in [-0.39, 0.29) is 5.78 Å². The van der Waals surface area contributed by atoms with E-state index in [0.717, 1.165) is 3.57 Å². The molecule has 1 aromatic carbocycles. The van der Waals surface area contributed by atoms with Crippen molar-refractivity contribution in [2.75, 3.05) is 0 Å². The number of carbonyl (C=O) groups excluding carboxylic acids is 1. The molecule has 0 radical (unpaired) electrons. The number of carbonyl (C=O) groups is 1. The Bertz CT molecular complexity index is 588. The highest BCUT2D eigenvalue weighted by molar-refractivity contribution is 14.1. The highest BCUT2D eigenvalue weighted by atomic mass is 127. The summed E-state index contributed by atoms with van der Waals surface area (Å²) in [5.74, 6) is -0.111. The molecule has 0 aliphatic heterocycles. The van der Waals surface area contributed by atoms with Crippen LogP contribution in [0, 0.1) is 3.57 Å². The van der Waals surface area contributed by atoms with Crippen molar-refractivity contribution in [3.63, 3.8) is 0 Å². The fourth-order valence-electron chi connectivity index (χ4n) is 1.36. The first-order chi connectivity index (χ1) is 8.09. The fourth-order valence-corrected chi connectivity index (χ4v) is 3.02. The van der Waals surface area contributed by atoms with Gasteiger partial charge in [-0.1, -0.05) is 23.7 Å². The maximum Gasteiger partial charge on any atom is 0.197 e. The molecule has 0 saturated carbocycles. The lowest BCUT2D eigenvalue weighted by atomic mass is 10.1. The summed E-state index contributed by atoms with van der Waals surface area (Å²) in [4.78, 5) is 16.3. The lowest BCUT2D eigenvalue weighted by Gasteiger charge is -2.05. The van der Waals surface area contributed by atoms with E-state index in [4.69, 9.17) is 11.6 Å². The van der Waals surface area contributed by atoms with Crippen LogP contribution in [-0.4, -0.2) is 10.8 Å². The summed E-state index contributed by atoms with van der Waals surface area (Å²) in [7, 11) is 0. The minimum atomic E-state index is -0.111. The van der Waals surface area contributed by atoms with E-state index in [9.17, 15) is 4.79 Å². The van der Waals surface area contributed by atoms with Crippen LogP contribution in [0.5, 0.6) is 0 Å². The van der Waals surface area contributed by atoms with Crippen molar-refractivity contribution in [2.24, 2.45) is 0 Å². The van der Waals surface area contributed by atoms with Crippen LogP contribution in [0.4, 0.5) is 0 Å². The molecule has 0 amide bonds. The molecule has 0 saturated heterocycles. The maximum atomic E-state index is 12.3. The Morgan fingerprint density at radius 3 is 2.65 bits per heavy atom. The smallest absolute Gasteiger partial charge is 0.197 e. The zero-order chi connectivity index (χ0) is 12.4. The Labute approximate surface area is 126 Å². The topological polar surface area (TPSA) is 30.0 Å². The van der Waals surface area contributed by atoms with Crippen molar-refractivity contribution in [3.05, 3.63) is 60.9 Å². The Kier molecular flexibility index (Phi) is 4.17. The van der Waals surface area contributed by atoms with Gasteiger partial charge in [0.05, 0.1) is 10.6 Å². The third-order valence-electron chi connectivity index (χ3n) is 2.18. The number of pyridine rings is 1. The zero-order valence-electron chi connectivity index (χ0n) is 8.45. The van der Waals surface area contributed by atoms with E-state index in [2.05, 4.69) is 43.5 Å². The van der Waals surface area contributed by atoms with E-state index >= 15 is 0 Å². The Morgan fingerprint density at radius 1 is 1.29 bits per heavy atom. The monoisotopic (exact) mass is 421 g/mol.